The fourth-order valence-corrected chi connectivity index (χ4v) is 11.0. The molecule has 0 aliphatic heterocycles. The molecule has 6 fully saturated rings. The first-order valence-corrected chi connectivity index (χ1v) is 22.5. The van der Waals surface area contributed by atoms with Crippen molar-refractivity contribution in [1.82, 2.24) is 0 Å². The Morgan fingerprint density at radius 2 is 0.509 bits per heavy atom. The third kappa shape index (κ3) is 17.4. The fourth-order valence-electron chi connectivity index (χ4n) is 11.0. The van der Waals surface area contributed by atoms with Gasteiger partial charge in [-0.25, -0.2) is 48.9 Å². The largest absolute Gasteiger partial charge is 0.369 e. The normalized spacial score (nSPS) is 35.1. The number of hydrogen-bond donors (Lipinski definition) is 1. The van der Waals surface area contributed by atoms with E-state index < -0.39 is 0 Å². The zero-order valence-corrected chi connectivity index (χ0v) is 34.3. The first-order chi connectivity index (χ1) is 27.8. The molecule has 57 heavy (non-hydrogen) atoms. The van der Waals surface area contributed by atoms with Crippen LogP contribution in [0.1, 0.15) is 173 Å². The van der Waals surface area contributed by atoms with Gasteiger partial charge in [0.2, 0.25) is 36.3 Å². The van der Waals surface area contributed by atoms with Crippen molar-refractivity contribution in [2.45, 2.75) is 204 Å². The van der Waals surface area contributed by atoms with Gasteiger partial charge in [-0.05, 0) is 209 Å². The van der Waals surface area contributed by atoms with Crippen molar-refractivity contribution in [3.05, 3.63) is 0 Å². The van der Waals surface area contributed by atoms with E-state index in [1.807, 2.05) is 0 Å². The van der Waals surface area contributed by atoms with Crippen molar-refractivity contribution in [2.24, 2.45) is 72.1 Å². The summed E-state index contributed by atoms with van der Waals surface area (Å²) in [5.74, 6) is 4.76. The highest BCUT2D eigenvalue weighted by Crippen LogP contribution is 2.39. The van der Waals surface area contributed by atoms with Crippen molar-refractivity contribution in [3.63, 3.8) is 0 Å². The van der Waals surface area contributed by atoms with Gasteiger partial charge in [0.25, 0.3) is 0 Å². The molecule has 12 heteroatoms. The van der Waals surface area contributed by atoms with Gasteiger partial charge in [0.1, 0.15) is 0 Å². The SMILES string of the molecule is NC(=O)C1CCC(CC2CCC(N=C=O)CC2)CC1.O=C=NC1CCC(CC2CCC(N=C=O)CC2)CC1.O=C=NC1CCC(CC2CCC(N=C=O)CC2)CC1. The minimum Gasteiger partial charge on any atom is -0.369 e. The zero-order chi connectivity index (χ0) is 40.7. The van der Waals surface area contributed by atoms with Crippen molar-refractivity contribution in [2.75, 3.05) is 0 Å². The molecule has 2 N–H and O–H groups in total. The third-order valence-electron chi connectivity index (χ3n) is 14.5. The van der Waals surface area contributed by atoms with E-state index in [-0.39, 0.29) is 42.0 Å². The average Bonchev–Trinajstić information content (AvgIpc) is 3.23. The van der Waals surface area contributed by atoms with E-state index in [0.717, 1.165) is 125 Å². The van der Waals surface area contributed by atoms with E-state index in [4.69, 9.17) is 5.73 Å². The first-order valence-electron chi connectivity index (χ1n) is 22.5. The molecule has 6 rings (SSSR count). The highest BCUT2D eigenvalue weighted by Gasteiger charge is 2.30. The number of nitrogens with two attached hydrogens (primary N) is 1. The zero-order valence-electron chi connectivity index (χ0n) is 34.3. The Morgan fingerprint density at radius 3 is 0.667 bits per heavy atom. The lowest BCUT2D eigenvalue weighted by Gasteiger charge is -2.32. The Labute approximate surface area is 340 Å². The molecule has 0 heterocycles. The molecule has 314 valence electrons. The lowest BCUT2D eigenvalue weighted by Crippen LogP contribution is -2.28. The van der Waals surface area contributed by atoms with E-state index in [1.165, 1.54) is 83.5 Å². The summed E-state index contributed by atoms with van der Waals surface area (Å²) in [5, 5.41) is 0. The summed E-state index contributed by atoms with van der Waals surface area (Å²) in [5.41, 5.74) is 5.36. The third-order valence-corrected chi connectivity index (χ3v) is 14.5. The second-order valence-electron chi connectivity index (χ2n) is 18.3. The Kier molecular flexibility index (Phi) is 21.3. The van der Waals surface area contributed by atoms with Crippen LogP contribution in [0.5, 0.6) is 0 Å². The van der Waals surface area contributed by atoms with Crippen LogP contribution in [-0.2, 0) is 28.8 Å². The Bertz CT molecular complexity index is 1180. The van der Waals surface area contributed by atoms with Gasteiger partial charge in [-0.2, -0.15) is 0 Å². The Hall–Kier alpha value is -3.63. The van der Waals surface area contributed by atoms with Crippen LogP contribution in [0, 0.1) is 41.4 Å². The van der Waals surface area contributed by atoms with Gasteiger partial charge >= 0.3 is 0 Å². The first kappa shape index (κ1) is 46.1. The molecule has 0 aromatic heterocycles. The van der Waals surface area contributed by atoms with Crippen LogP contribution < -0.4 is 5.73 Å². The summed E-state index contributed by atoms with van der Waals surface area (Å²) < 4.78 is 0. The van der Waals surface area contributed by atoms with Gasteiger partial charge in [0, 0.05) is 5.92 Å². The number of amides is 1. The lowest BCUT2D eigenvalue weighted by molar-refractivity contribution is -0.123. The molecule has 0 bridgehead atoms. The van der Waals surface area contributed by atoms with Crippen molar-refractivity contribution in [3.8, 4) is 0 Å². The van der Waals surface area contributed by atoms with Gasteiger partial charge in [0.15, 0.2) is 0 Å². The van der Waals surface area contributed by atoms with Crippen molar-refractivity contribution >= 4 is 36.3 Å². The molecule has 6 saturated carbocycles. The maximum Gasteiger partial charge on any atom is 0.235 e. The maximum atomic E-state index is 11.1. The second kappa shape index (κ2) is 26.4. The van der Waals surface area contributed by atoms with Crippen LogP contribution in [0.25, 0.3) is 0 Å². The minimum absolute atomic E-state index is 0.119. The molecule has 0 atom stereocenters. The monoisotopic (exact) mass is 789 g/mol. The molecule has 1 amide bonds. The van der Waals surface area contributed by atoms with Crippen LogP contribution in [0.2, 0.25) is 0 Å². The van der Waals surface area contributed by atoms with Gasteiger partial charge < -0.3 is 5.73 Å². The molecule has 6 aliphatic rings. The van der Waals surface area contributed by atoms with Crippen LogP contribution >= 0.6 is 0 Å². The van der Waals surface area contributed by atoms with E-state index in [0.29, 0.717) is 0 Å². The van der Waals surface area contributed by atoms with Gasteiger partial charge in [-0.1, -0.05) is 0 Å². The number of isocyanates is 5. The van der Waals surface area contributed by atoms with Crippen molar-refractivity contribution < 1.29 is 28.8 Å². The molecular weight excluding hydrogens is 721 g/mol. The summed E-state index contributed by atoms with van der Waals surface area (Å²) in [6.07, 6.45) is 38.9. The highest BCUT2D eigenvalue weighted by molar-refractivity contribution is 5.76. The molecule has 12 nitrogen and oxygen atoms in total. The molecule has 0 radical (unpaired) electrons. The van der Waals surface area contributed by atoms with Crippen LogP contribution in [-0.4, -0.2) is 66.5 Å². The lowest BCUT2D eigenvalue weighted by atomic mass is 9.74. The van der Waals surface area contributed by atoms with Gasteiger partial charge in [-0.3, -0.25) is 4.79 Å². The summed E-state index contributed by atoms with van der Waals surface area (Å²) in [4.78, 5) is 81.5. The summed E-state index contributed by atoms with van der Waals surface area (Å²) in [7, 11) is 0. The van der Waals surface area contributed by atoms with E-state index in [2.05, 4.69) is 25.0 Å². The van der Waals surface area contributed by atoms with Gasteiger partial charge in [0.05, 0.1) is 30.2 Å². The summed E-state index contributed by atoms with van der Waals surface area (Å²) in [6.45, 7) is 0. The molecule has 6 aliphatic carbocycles. The number of rotatable bonds is 12. The van der Waals surface area contributed by atoms with Crippen LogP contribution in [0.4, 0.5) is 0 Å². The second-order valence-corrected chi connectivity index (χ2v) is 18.3. The molecule has 0 aromatic carbocycles. The maximum absolute atomic E-state index is 11.1. The molecule has 0 spiro atoms. The predicted octanol–water partition coefficient (Wildman–Crippen LogP) is 8.89. The number of hydrogen-bond acceptors (Lipinski definition) is 11. The highest BCUT2D eigenvalue weighted by atomic mass is 16.1. The average molecular weight is 789 g/mol. The fraction of sp³-hybridized carbons (Fsp3) is 0.867. The minimum atomic E-state index is -0.120. The number of carbonyl (C=O) groups is 1. The Morgan fingerprint density at radius 1 is 0.333 bits per heavy atom. The van der Waals surface area contributed by atoms with Crippen LogP contribution in [0.15, 0.2) is 25.0 Å². The van der Waals surface area contributed by atoms with E-state index >= 15 is 0 Å². The number of primary amides is 1. The van der Waals surface area contributed by atoms with E-state index in [9.17, 15) is 28.8 Å². The topological polar surface area (TPSA) is 190 Å². The quantitative estimate of drug-likeness (QED) is 0.152. The standard InChI is InChI=1S/2C15H22N2O2.C15H24N2O2/c2*18-10-16-14-5-1-12(2-6-14)9-13-3-7-15(8-4-13)17-11-19;16-15(19)13-5-1-11(2-6-13)9-12-3-7-14(8-4-12)17-10-18/h2*12-15H,1-9H2;11-14H,1-9H2,(H2,16,19). The molecular formula is C45H68N6O6. The predicted molar refractivity (Wildman–Crippen MR) is 218 cm³/mol. The molecule has 0 unspecified atom stereocenters. The van der Waals surface area contributed by atoms with Crippen LogP contribution in [0.3, 0.4) is 0 Å². The summed E-state index contributed by atoms with van der Waals surface area (Å²) >= 11 is 0. The molecule has 0 saturated heterocycles. The number of nitrogens with zero attached hydrogens (tertiary/aromatic N) is 5. The van der Waals surface area contributed by atoms with Gasteiger partial charge in [-0.15, -0.1) is 0 Å². The number of carbonyl (C=O) groups excluding carboxylic acids is 6. The number of aliphatic imine (C=N–C) groups is 5. The smallest absolute Gasteiger partial charge is 0.235 e. The van der Waals surface area contributed by atoms with Crippen molar-refractivity contribution in [1.29, 1.82) is 0 Å². The molecule has 0 aromatic rings. The summed E-state index contributed by atoms with van der Waals surface area (Å²) in [6, 6.07) is 1.13. The van der Waals surface area contributed by atoms with E-state index in [1.54, 1.807) is 30.4 Å². The Balaban J connectivity index is 0.000000189.